The average molecular weight is 346 g/mol. The highest BCUT2D eigenvalue weighted by atomic mass is 35.5. The molecule has 23 heavy (non-hydrogen) atoms. The van der Waals surface area contributed by atoms with E-state index in [2.05, 4.69) is 25.8 Å². The van der Waals surface area contributed by atoms with Crippen LogP contribution in [-0.4, -0.2) is 15.2 Å². The highest BCUT2D eigenvalue weighted by Crippen LogP contribution is 2.27. The number of halogens is 2. The molecule has 1 aromatic heterocycles. The van der Waals surface area contributed by atoms with Gasteiger partial charge < -0.3 is 10.6 Å². The van der Waals surface area contributed by atoms with Gasteiger partial charge in [-0.15, -0.1) is 5.10 Å². The summed E-state index contributed by atoms with van der Waals surface area (Å²) in [7, 11) is 0. The summed E-state index contributed by atoms with van der Waals surface area (Å²) in [5, 5.41) is 15.2. The van der Waals surface area contributed by atoms with Crippen LogP contribution in [0.4, 0.5) is 23.1 Å². The van der Waals surface area contributed by atoms with Crippen LogP contribution in [0.5, 0.6) is 0 Å². The van der Waals surface area contributed by atoms with Crippen molar-refractivity contribution in [3.8, 4) is 0 Å². The van der Waals surface area contributed by atoms with Crippen LogP contribution < -0.4 is 10.6 Å². The molecule has 0 aliphatic rings. The molecule has 0 radical (unpaired) electrons. The molecule has 3 rings (SSSR count). The van der Waals surface area contributed by atoms with Crippen molar-refractivity contribution >= 4 is 46.3 Å². The summed E-state index contributed by atoms with van der Waals surface area (Å²) in [5.74, 6) is 0.926. The number of nitrogens with one attached hydrogen (secondary N) is 2. The molecule has 116 valence electrons. The predicted molar refractivity (Wildman–Crippen MR) is 94.0 cm³/mol. The van der Waals surface area contributed by atoms with Gasteiger partial charge in [-0.05, 0) is 36.8 Å². The van der Waals surface area contributed by atoms with Crippen molar-refractivity contribution in [1.82, 2.24) is 15.2 Å². The Balaban J connectivity index is 1.81. The average Bonchev–Trinajstić information content (AvgIpc) is 2.53. The molecule has 7 heteroatoms. The van der Waals surface area contributed by atoms with Crippen molar-refractivity contribution in [2.24, 2.45) is 0 Å². The summed E-state index contributed by atoms with van der Waals surface area (Å²) in [6.45, 7) is 2.02. The van der Waals surface area contributed by atoms with Gasteiger partial charge in [0.05, 0.1) is 16.9 Å². The Morgan fingerprint density at radius 1 is 0.957 bits per heavy atom. The second-order valence-corrected chi connectivity index (χ2v) is 5.70. The number of aryl methyl sites for hydroxylation is 1. The molecule has 0 atom stereocenters. The van der Waals surface area contributed by atoms with Gasteiger partial charge in [0.25, 0.3) is 0 Å². The van der Waals surface area contributed by atoms with Crippen LogP contribution in [0.15, 0.2) is 48.7 Å². The second-order valence-electron chi connectivity index (χ2n) is 4.85. The first-order valence-electron chi connectivity index (χ1n) is 6.86. The summed E-state index contributed by atoms with van der Waals surface area (Å²) in [6.07, 6.45) is 1.56. The van der Waals surface area contributed by atoms with E-state index >= 15 is 0 Å². The minimum Gasteiger partial charge on any atom is -0.339 e. The summed E-state index contributed by atoms with van der Waals surface area (Å²) >= 11 is 12.0. The van der Waals surface area contributed by atoms with E-state index in [1.165, 1.54) is 0 Å². The molecular formula is C16H13Cl2N5. The molecule has 2 aromatic carbocycles. The number of hydrogen-bond donors (Lipinski definition) is 2. The van der Waals surface area contributed by atoms with E-state index in [0.717, 1.165) is 11.3 Å². The first kappa shape index (κ1) is 15.5. The molecule has 0 spiro atoms. The van der Waals surface area contributed by atoms with Crippen LogP contribution in [0.3, 0.4) is 0 Å². The molecule has 5 nitrogen and oxygen atoms in total. The van der Waals surface area contributed by atoms with Crippen LogP contribution in [0.25, 0.3) is 0 Å². The first-order valence-corrected chi connectivity index (χ1v) is 7.62. The molecule has 0 aliphatic carbocycles. The van der Waals surface area contributed by atoms with Gasteiger partial charge >= 0.3 is 0 Å². The molecule has 0 fully saturated rings. The summed E-state index contributed by atoms with van der Waals surface area (Å²) in [6, 6.07) is 13.1. The Kier molecular flexibility index (Phi) is 4.60. The molecule has 3 aromatic rings. The molecule has 0 aliphatic heterocycles. The number of para-hydroxylation sites is 1. The number of nitrogens with zero attached hydrogens (tertiary/aromatic N) is 3. The Morgan fingerprint density at radius 2 is 1.78 bits per heavy atom. The van der Waals surface area contributed by atoms with Crippen LogP contribution in [0.1, 0.15) is 5.56 Å². The number of rotatable bonds is 4. The molecule has 0 saturated carbocycles. The quantitative estimate of drug-likeness (QED) is 0.698. The zero-order chi connectivity index (χ0) is 16.2. The predicted octanol–water partition coefficient (Wildman–Crippen LogP) is 4.97. The monoisotopic (exact) mass is 345 g/mol. The van der Waals surface area contributed by atoms with Gasteiger partial charge in [0.2, 0.25) is 5.95 Å². The van der Waals surface area contributed by atoms with E-state index in [1.807, 2.05) is 31.2 Å². The van der Waals surface area contributed by atoms with Crippen molar-refractivity contribution in [1.29, 1.82) is 0 Å². The molecule has 0 unspecified atom stereocenters. The minimum absolute atomic E-state index is 0.341. The van der Waals surface area contributed by atoms with Crippen LogP contribution in [0, 0.1) is 6.92 Å². The topological polar surface area (TPSA) is 62.7 Å². The fourth-order valence-corrected chi connectivity index (χ4v) is 2.43. The van der Waals surface area contributed by atoms with E-state index in [4.69, 9.17) is 23.2 Å². The van der Waals surface area contributed by atoms with Gasteiger partial charge in [-0.3, -0.25) is 0 Å². The number of benzene rings is 2. The highest BCUT2D eigenvalue weighted by molar-refractivity contribution is 6.36. The number of hydrogen-bond acceptors (Lipinski definition) is 5. The van der Waals surface area contributed by atoms with E-state index < -0.39 is 0 Å². The summed E-state index contributed by atoms with van der Waals surface area (Å²) in [4.78, 5) is 4.38. The van der Waals surface area contributed by atoms with Crippen LogP contribution in [-0.2, 0) is 0 Å². The zero-order valence-electron chi connectivity index (χ0n) is 12.2. The Hall–Kier alpha value is -2.37. The third-order valence-corrected chi connectivity index (χ3v) is 3.69. The zero-order valence-corrected chi connectivity index (χ0v) is 13.7. The molecule has 1 heterocycles. The smallest absolute Gasteiger partial charge is 0.249 e. The van der Waals surface area contributed by atoms with Gasteiger partial charge in [-0.2, -0.15) is 10.1 Å². The van der Waals surface area contributed by atoms with Crippen molar-refractivity contribution < 1.29 is 0 Å². The SMILES string of the molecule is Cc1ccccc1Nc1cnnc(Nc2ccc(Cl)cc2Cl)n1. The second kappa shape index (κ2) is 6.81. The summed E-state index contributed by atoms with van der Waals surface area (Å²) < 4.78 is 0. The lowest BCUT2D eigenvalue weighted by Gasteiger charge is -2.10. The fraction of sp³-hybridized carbons (Fsp3) is 0.0625. The van der Waals surface area contributed by atoms with Crippen molar-refractivity contribution in [3.05, 3.63) is 64.3 Å². The maximum absolute atomic E-state index is 6.13. The van der Waals surface area contributed by atoms with Gasteiger partial charge in [0.15, 0.2) is 5.82 Å². The molecule has 0 amide bonds. The lowest BCUT2D eigenvalue weighted by Crippen LogP contribution is -2.03. The summed E-state index contributed by atoms with van der Waals surface area (Å²) in [5.41, 5.74) is 2.73. The Morgan fingerprint density at radius 3 is 2.57 bits per heavy atom. The van der Waals surface area contributed by atoms with Crippen LogP contribution in [0.2, 0.25) is 10.0 Å². The van der Waals surface area contributed by atoms with Gasteiger partial charge in [0, 0.05) is 10.7 Å². The van der Waals surface area contributed by atoms with Crippen molar-refractivity contribution in [3.63, 3.8) is 0 Å². The standard InChI is InChI=1S/C16H13Cl2N5/c1-10-4-2-3-5-13(10)20-15-9-19-23-16(22-15)21-14-7-6-11(17)8-12(14)18/h2-9H,1H3,(H2,20,21,22,23). The third-order valence-electron chi connectivity index (χ3n) is 3.14. The molecular weight excluding hydrogens is 333 g/mol. The van der Waals surface area contributed by atoms with E-state index in [-0.39, 0.29) is 0 Å². The highest BCUT2D eigenvalue weighted by Gasteiger charge is 2.06. The lowest BCUT2D eigenvalue weighted by molar-refractivity contribution is 0.982. The van der Waals surface area contributed by atoms with Gasteiger partial charge in [-0.1, -0.05) is 41.4 Å². The Bertz CT molecular complexity index is 838. The van der Waals surface area contributed by atoms with Crippen molar-refractivity contribution in [2.45, 2.75) is 6.92 Å². The first-order chi connectivity index (χ1) is 11.1. The van der Waals surface area contributed by atoms with E-state index in [1.54, 1.807) is 24.4 Å². The maximum atomic E-state index is 6.13. The van der Waals surface area contributed by atoms with Crippen molar-refractivity contribution in [2.75, 3.05) is 10.6 Å². The third kappa shape index (κ3) is 3.88. The minimum atomic E-state index is 0.341. The maximum Gasteiger partial charge on any atom is 0.249 e. The van der Waals surface area contributed by atoms with E-state index in [0.29, 0.717) is 27.5 Å². The lowest BCUT2D eigenvalue weighted by atomic mass is 10.2. The number of aromatic nitrogens is 3. The van der Waals surface area contributed by atoms with Gasteiger partial charge in [0.1, 0.15) is 0 Å². The molecule has 2 N–H and O–H groups in total. The fourth-order valence-electron chi connectivity index (χ4n) is 1.98. The largest absolute Gasteiger partial charge is 0.339 e. The molecule has 0 bridgehead atoms. The van der Waals surface area contributed by atoms with Crippen LogP contribution >= 0.6 is 23.2 Å². The van der Waals surface area contributed by atoms with Gasteiger partial charge in [-0.25, -0.2) is 0 Å². The van der Waals surface area contributed by atoms with E-state index in [9.17, 15) is 0 Å². The number of anilines is 4. The molecule has 0 saturated heterocycles. The normalized spacial score (nSPS) is 10.4. The Labute approximate surface area is 143 Å².